The van der Waals surface area contributed by atoms with E-state index in [4.69, 9.17) is 12.3 Å². The zero-order valence-corrected chi connectivity index (χ0v) is 21.7. The average Bonchev–Trinajstić information content (AvgIpc) is 3.50. The molecule has 0 aliphatic rings. The molecule has 0 saturated heterocycles. The van der Waals surface area contributed by atoms with Gasteiger partial charge >= 0.3 is 0 Å². The van der Waals surface area contributed by atoms with E-state index in [1.807, 2.05) is 0 Å². The van der Waals surface area contributed by atoms with Crippen LogP contribution in [0, 0.1) is 6.92 Å². The summed E-state index contributed by atoms with van der Waals surface area (Å²) in [5, 5.41) is 84.4. The molecule has 0 bridgehead atoms. The van der Waals surface area contributed by atoms with Crippen LogP contribution in [0.2, 0.25) is 0 Å². The molecule has 0 aliphatic heterocycles. The lowest BCUT2D eigenvalue weighted by atomic mass is 9.92. The number of rotatable bonds is 2. The van der Waals surface area contributed by atoms with Gasteiger partial charge in [0, 0.05) is 34.2 Å². The van der Waals surface area contributed by atoms with Gasteiger partial charge in [-0.25, -0.2) is 0 Å². The first-order valence-corrected chi connectivity index (χ1v) is 12.6. The van der Waals surface area contributed by atoms with E-state index in [1.54, 1.807) is 29.7 Å². The number of hydrogen-bond acceptors (Lipinski definition) is 9. The Morgan fingerprint density at radius 3 is 2.02 bits per heavy atom. The molecule has 7 rings (SSSR count). The van der Waals surface area contributed by atoms with E-state index in [0.29, 0.717) is 49.6 Å². The van der Waals surface area contributed by atoms with Crippen LogP contribution in [0.4, 0.5) is 0 Å². The Hall–Kier alpha value is -5.84. The van der Waals surface area contributed by atoms with Crippen LogP contribution in [0.15, 0.2) is 59.0 Å². The van der Waals surface area contributed by atoms with Crippen molar-refractivity contribution in [2.75, 3.05) is 0 Å². The van der Waals surface area contributed by atoms with Gasteiger partial charge < -0.3 is 49.8 Å². The zero-order valence-electron chi connectivity index (χ0n) is 21.7. The number of benzene rings is 5. The van der Waals surface area contributed by atoms with Crippen molar-refractivity contribution in [3.05, 3.63) is 60.2 Å². The number of nitrogens with zero attached hydrogens (tertiary/aromatic N) is 1. The van der Waals surface area contributed by atoms with Gasteiger partial charge in [-0.2, -0.15) is 0 Å². The summed E-state index contributed by atoms with van der Waals surface area (Å²) in [6.45, 7) is 1.79. The van der Waals surface area contributed by atoms with E-state index < -0.39 is 28.7 Å². The van der Waals surface area contributed by atoms with Crippen molar-refractivity contribution >= 4 is 57.1 Å². The Kier molecular flexibility index (Phi) is 4.99. The molecule has 0 aliphatic carbocycles. The molecule has 5 aromatic carbocycles. The van der Waals surface area contributed by atoms with Crippen LogP contribution in [-0.4, -0.2) is 53.3 Å². The van der Waals surface area contributed by atoms with Crippen LogP contribution in [0.25, 0.3) is 60.6 Å². The maximum atomic E-state index is 10.9. The molecule has 7 aromatic rings. The number of phenolic OH excluding ortho intramolecular Hbond substituents is 8. The number of aryl methyl sites for hydroxylation is 1. The number of aromatic nitrogens is 1. The Labute approximate surface area is 236 Å². The van der Waals surface area contributed by atoms with Gasteiger partial charge in [-0.15, -0.1) is 0 Å². The monoisotopic (exact) mass is 561 g/mol. The molecule has 0 fully saturated rings. The van der Waals surface area contributed by atoms with Crippen molar-refractivity contribution in [3.8, 4) is 62.8 Å². The number of aromatic hydroxyl groups is 8. The summed E-state index contributed by atoms with van der Waals surface area (Å²) in [6.07, 6.45) is 0. The molecular formula is C31H20BNO9. The molecule has 10 nitrogen and oxygen atoms in total. The summed E-state index contributed by atoms with van der Waals surface area (Å²) in [5.74, 6) is -3.42. The van der Waals surface area contributed by atoms with Gasteiger partial charge in [0.1, 0.15) is 30.7 Å². The second-order valence-electron chi connectivity index (χ2n) is 10.2. The SMILES string of the molecule is [B]c1ccc(O)c2c3cc(O)cc(O)c3n(-c3ccc(-c4cc(O)c(O)c5c4oc4c(O)cc(O)c(O)c45)cc3C)c12. The molecule has 0 atom stereocenters. The third-order valence-electron chi connectivity index (χ3n) is 7.63. The van der Waals surface area contributed by atoms with Gasteiger partial charge in [-0.3, -0.25) is 0 Å². The molecule has 0 amide bonds. The maximum absolute atomic E-state index is 10.9. The Morgan fingerprint density at radius 1 is 0.619 bits per heavy atom. The van der Waals surface area contributed by atoms with E-state index >= 15 is 0 Å². The molecule has 2 aromatic heterocycles. The molecule has 0 unspecified atom stereocenters. The molecule has 42 heavy (non-hydrogen) atoms. The predicted octanol–water partition coefficient (Wildman–Crippen LogP) is 5.10. The molecule has 11 heteroatoms. The van der Waals surface area contributed by atoms with Crippen LogP contribution in [0.5, 0.6) is 46.0 Å². The van der Waals surface area contributed by atoms with E-state index in [1.165, 1.54) is 30.3 Å². The maximum Gasteiger partial charge on any atom is 0.181 e. The number of hydrogen-bond donors (Lipinski definition) is 8. The first-order valence-electron chi connectivity index (χ1n) is 12.6. The van der Waals surface area contributed by atoms with Crippen molar-refractivity contribution < 1.29 is 45.3 Å². The summed E-state index contributed by atoms with van der Waals surface area (Å²) in [7, 11) is 6.35. The van der Waals surface area contributed by atoms with Crippen molar-refractivity contribution in [2.45, 2.75) is 6.92 Å². The first-order chi connectivity index (χ1) is 20.0. The lowest BCUT2D eigenvalue weighted by Crippen LogP contribution is -2.09. The molecule has 8 N–H and O–H groups in total. The Morgan fingerprint density at radius 2 is 1.31 bits per heavy atom. The highest BCUT2D eigenvalue weighted by Crippen LogP contribution is 2.52. The van der Waals surface area contributed by atoms with Gasteiger partial charge in [-0.05, 0) is 48.4 Å². The second-order valence-corrected chi connectivity index (χ2v) is 10.2. The zero-order chi connectivity index (χ0) is 29.8. The summed E-state index contributed by atoms with van der Waals surface area (Å²) in [5.41, 5.74) is 2.90. The minimum atomic E-state index is -0.641. The third kappa shape index (κ3) is 3.21. The van der Waals surface area contributed by atoms with E-state index in [-0.39, 0.29) is 39.2 Å². The number of fused-ring (bicyclic) bond motifs is 6. The quantitative estimate of drug-likeness (QED) is 0.0810. The lowest BCUT2D eigenvalue weighted by Gasteiger charge is -2.15. The van der Waals surface area contributed by atoms with E-state index in [0.717, 1.165) is 6.07 Å². The Balaban J connectivity index is 1.53. The first kappa shape index (κ1) is 25.2. The van der Waals surface area contributed by atoms with Crippen LogP contribution in [-0.2, 0) is 0 Å². The van der Waals surface area contributed by atoms with Crippen LogP contribution >= 0.6 is 0 Å². The highest BCUT2D eigenvalue weighted by molar-refractivity contribution is 6.40. The van der Waals surface area contributed by atoms with Gasteiger partial charge in [0.2, 0.25) is 0 Å². The van der Waals surface area contributed by atoms with Gasteiger partial charge in [0.05, 0.1) is 21.8 Å². The van der Waals surface area contributed by atoms with E-state index in [2.05, 4.69) is 0 Å². The predicted molar refractivity (Wildman–Crippen MR) is 157 cm³/mol. The number of phenols is 8. The number of furan rings is 1. The van der Waals surface area contributed by atoms with Crippen molar-refractivity contribution in [1.82, 2.24) is 4.57 Å². The standard InChI is InChI=1S/C31H20BNO9/c1-11-6-12(14-9-20(37)28(40)24-25-29(41)21(38)10-22(39)31(25)42-30(14)24)2-4-17(11)33-26-15(7-13(34)8-19(26)36)23-18(35)5-3-16(32)27(23)33/h2-10,34-41H,1H3. The van der Waals surface area contributed by atoms with Crippen LogP contribution in [0.1, 0.15) is 5.56 Å². The summed E-state index contributed by atoms with van der Waals surface area (Å²) >= 11 is 0. The minimum Gasteiger partial charge on any atom is -0.508 e. The highest BCUT2D eigenvalue weighted by Gasteiger charge is 2.26. The minimum absolute atomic E-state index is 0.0304. The average molecular weight is 561 g/mol. The van der Waals surface area contributed by atoms with E-state index in [9.17, 15) is 40.9 Å². The normalized spacial score (nSPS) is 11.8. The molecule has 0 spiro atoms. The largest absolute Gasteiger partial charge is 0.508 e. The van der Waals surface area contributed by atoms with Crippen molar-refractivity contribution in [2.24, 2.45) is 0 Å². The highest BCUT2D eigenvalue weighted by atomic mass is 16.4. The van der Waals surface area contributed by atoms with Crippen molar-refractivity contribution in [3.63, 3.8) is 0 Å². The van der Waals surface area contributed by atoms with Gasteiger partial charge in [0.15, 0.2) is 34.3 Å². The third-order valence-corrected chi connectivity index (χ3v) is 7.63. The molecule has 2 heterocycles. The smallest absolute Gasteiger partial charge is 0.181 e. The van der Waals surface area contributed by atoms with Crippen molar-refractivity contribution in [1.29, 1.82) is 0 Å². The molecule has 206 valence electrons. The summed E-state index contributed by atoms with van der Waals surface area (Å²) < 4.78 is 7.53. The lowest BCUT2D eigenvalue weighted by molar-refractivity contribution is 0.400. The van der Waals surface area contributed by atoms with Gasteiger partial charge in [0.25, 0.3) is 0 Å². The topological polar surface area (TPSA) is 180 Å². The molecule has 0 saturated carbocycles. The molecular weight excluding hydrogens is 541 g/mol. The molecule has 2 radical (unpaired) electrons. The second kappa shape index (κ2) is 8.34. The van der Waals surface area contributed by atoms with Crippen LogP contribution in [0.3, 0.4) is 0 Å². The summed E-state index contributed by atoms with van der Waals surface area (Å²) in [4.78, 5) is 0. The van der Waals surface area contributed by atoms with Crippen LogP contribution < -0.4 is 5.46 Å². The fraction of sp³-hybridized carbons (Fsp3) is 0.0323. The Bertz CT molecular complexity index is 2320. The fourth-order valence-corrected chi connectivity index (χ4v) is 5.82. The fourth-order valence-electron chi connectivity index (χ4n) is 5.82. The summed E-state index contributed by atoms with van der Waals surface area (Å²) in [6, 6.07) is 12.9. The van der Waals surface area contributed by atoms with Gasteiger partial charge in [-0.1, -0.05) is 17.6 Å².